The van der Waals surface area contributed by atoms with Crippen molar-refractivity contribution in [3.8, 4) is 17.5 Å². The van der Waals surface area contributed by atoms with Crippen LogP contribution in [0.25, 0.3) is 16.6 Å². The van der Waals surface area contributed by atoms with Crippen molar-refractivity contribution in [3.05, 3.63) is 98.8 Å². The molecular formula is C30H25ClF3N3O3. The number of aliphatic hydroxyl groups is 1. The van der Waals surface area contributed by atoms with Crippen molar-refractivity contribution in [2.24, 2.45) is 0 Å². The number of nitrogens with one attached hydrogen (secondary N) is 1. The second-order valence-corrected chi connectivity index (χ2v) is 10.9. The number of methoxy groups -OCH3 is 1. The molecule has 0 amide bonds. The molecule has 0 radical (unpaired) electrons. The van der Waals surface area contributed by atoms with E-state index in [9.17, 15) is 23.1 Å². The van der Waals surface area contributed by atoms with Crippen LogP contribution in [-0.2, 0) is 5.41 Å². The smallest absolute Gasteiger partial charge is 0.419 e. The Kier molecular flexibility index (Phi) is 6.60. The highest BCUT2D eigenvalue weighted by molar-refractivity contribution is 6.32. The number of alkyl halides is 3. The number of fused-ring (bicyclic) bond motifs is 2. The van der Waals surface area contributed by atoms with E-state index >= 15 is 0 Å². The van der Waals surface area contributed by atoms with E-state index in [1.165, 1.54) is 35.9 Å². The molecule has 0 spiro atoms. The van der Waals surface area contributed by atoms with Crippen LogP contribution in [0.5, 0.6) is 5.75 Å². The zero-order valence-corrected chi connectivity index (χ0v) is 22.6. The van der Waals surface area contributed by atoms with Crippen LogP contribution in [0.3, 0.4) is 0 Å². The van der Waals surface area contributed by atoms with E-state index in [-0.39, 0.29) is 27.6 Å². The molecule has 2 unspecified atom stereocenters. The van der Waals surface area contributed by atoms with E-state index in [1.54, 1.807) is 56.3 Å². The molecule has 3 aromatic carbocycles. The molecule has 6 nitrogen and oxygen atoms in total. The lowest BCUT2D eigenvalue weighted by Gasteiger charge is -2.49. The predicted molar refractivity (Wildman–Crippen MR) is 147 cm³/mol. The van der Waals surface area contributed by atoms with Gasteiger partial charge in [0.15, 0.2) is 5.60 Å². The highest BCUT2D eigenvalue weighted by atomic mass is 35.5. The van der Waals surface area contributed by atoms with E-state index in [1.807, 2.05) is 6.07 Å². The Balaban J connectivity index is 1.73. The molecule has 1 aliphatic rings. The molecule has 0 bridgehead atoms. The van der Waals surface area contributed by atoms with E-state index in [4.69, 9.17) is 21.6 Å². The molecule has 40 heavy (non-hydrogen) atoms. The van der Waals surface area contributed by atoms with Gasteiger partial charge in [-0.3, -0.25) is 9.36 Å². The third-order valence-electron chi connectivity index (χ3n) is 7.51. The molecule has 4 aromatic rings. The Morgan fingerprint density at radius 3 is 2.42 bits per heavy atom. The van der Waals surface area contributed by atoms with Crippen LogP contribution in [0.2, 0.25) is 5.02 Å². The van der Waals surface area contributed by atoms with Crippen LogP contribution in [0.4, 0.5) is 18.9 Å². The minimum atomic E-state index is -4.98. The van der Waals surface area contributed by atoms with Gasteiger partial charge in [-0.1, -0.05) is 37.6 Å². The second-order valence-electron chi connectivity index (χ2n) is 10.5. The summed E-state index contributed by atoms with van der Waals surface area (Å²) in [7, 11) is 1.40. The molecule has 5 rings (SSSR count). The summed E-state index contributed by atoms with van der Waals surface area (Å²) in [5, 5.41) is 24.2. The zero-order valence-electron chi connectivity index (χ0n) is 21.8. The van der Waals surface area contributed by atoms with Crippen molar-refractivity contribution in [1.29, 1.82) is 5.26 Å². The molecule has 1 aromatic heterocycles. The van der Waals surface area contributed by atoms with Crippen LogP contribution in [-0.4, -0.2) is 28.6 Å². The van der Waals surface area contributed by atoms with Crippen molar-refractivity contribution in [2.45, 2.75) is 43.5 Å². The molecule has 2 N–H and O–H groups in total. The molecule has 0 aliphatic heterocycles. The van der Waals surface area contributed by atoms with E-state index < -0.39 is 29.7 Å². The van der Waals surface area contributed by atoms with Crippen LogP contribution in [0.15, 0.2) is 71.5 Å². The van der Waals surface area contributed by atoms with Gasteiger partial charge >= 0.3 is 6.18 Å². The van der Waals surface area contributed by atoms with Gasteiger partial charge in [-0.15, -0.1) is 0 Å². The van der Waals surface area contributed by atoms with Gasteiger partial charge in [0.2, 0.25) is 0 Å². The number of nitrogens with zero attached hydrogens (tertiary/aromatic N) is 2. The highest BCUT2D eigenvalue weighted by Gasteiger charge is 2.64. The summed E-state index contributed by atoms with van der Waals surface area (Å²) in [5.41, 5.74) is -2.34. The zero-order chi connectivity index (χ0) is 29.0. The largest absolute Gasteiger partial charge is 0.495 e. The molecule has 0 saturated carbocycles. The van der Waals surface area contributed by atoms with Gasteiger partial charge in [0.25, 0.3) is 5.56 Å². The maximum absolute atomic E-state index is 14.7. The minimum absolute atomic E-state index is 0.203. The lowest BCUT2D eigenvalue weighted by Crippen LogP contribution is -2.58. The fraction of sp³-hybridized carbons (Fsp3) is 0.267. The van der Waals surface area contributed by atoms with Crippen molar-refractivity contribution in [3.63, 3.8) is 0 Å². The van der Waals surface area contributed by atoms with Gasteiger partial charge in [-0.05, 0) is 65.9 Å². The number of aromatic nitrogens is 1. The number of nitriles is 1. The Morgan fingerprint density at radius 2 is 1.80 bits per heavy atom. The van der Waals surface area contributed by atoms with Crippen LogP contribution < -0.4 is 15.6 Å². The van der Waals surface area contributed by atoms with Crippen molar-refractivity contribution in [2.75, 3.05) is 12.4 Å². The third-order valence-corrected chi connectivity index (χ3v) is 7.80. The first-order valence-corrected chi connectivity index (χ1v) is 12.8. The lowest BCUT2D eigenvalue weighted by molar-refractivity contribution is -0.275. The summed E-state index contributed by atoms with van der Waals surface area (Å²) >= 11 is 6.36. The molecule has 2 atom stereocenters. The van der Waals surface area contributed by atoms with Crippen molar-refractivity contribution >= 4 is 28.2 Å². The number of anilines is 1. The summed E-state index contributed by atoms with van der Waals surface area (Å²) < 4.78 is 51.0. The molecule has 1 heterocycles. The first-order valence-electron chi connectivity index (χ1n) is 12.4. The summed E-state index contributed by atoms with van der Waals surface area (Å²) in [5.74, 6) is 0.257. The SMILES string of the molecule is COc1c(Cl)ccc2c1C(C)(C)CC(O)(C(F)(F)F)C2Nc1cccc2c1ccc(=O)n2-c1ccc(C#N)cc1. The second kappa shape index (κ2) is 9.58. The average Bonchev–Trinajstić information content (AvgIpc) is 2.90. The topological polar surface area (TPSA) is 87.3 Å². The number of pyridine rings is 1. The van der Waals surface area contributed by atoms with Gasteiger partial charge in [0, 0.05) is 28.4 Å². The summed E-state index contributed by atoms with van der Waals surface area (Å²) in [4.78, 5) is 12.9. The first-order chi connectivity index (χ1) is 18.8. The van der Waals surface area contributed by atoms with Gasteiger partial charge < -0.3 is 15.2 Å². The number of benzene rings is 3. The summed E-state index contributed by atoms with van der Waals surface area (Å²) in [6.45, 7) is 3.23. The molecular weight excluding hydrogens is 543 g/mol. The van der Waals surface area contributed by atoms with Gasteiger partial charge in [-0.25, -0.2) is 0 Å². The summed E-state index contributed by atoms with van der Waals surface area (Å²) in [6, 6.07) is 17.5. The Bertz CT molecular complexity index is 1730. The van der Waals surface area contributed by atoms with Gasteiger partial charge in [0.05, 0.1) is 35.3 Å². The average molecular weight is 568 g/mol. The Morgan fingerprint density at radius 1 is 1.10 bits per heavy atom. The number of halogens is 4. The van der Waals surface area contributed by atoms with Crippen molar-refractivity contribution < 1.29 is 23.0 Å². The Hall–Kier alpha value is -4.00. The van der Waals surface area contributed by atoms with Gasteiger partial charge in [0.1, 0.15) is 5.75 Å². The number of hydrogen-bond acceptors (Lipinski definition) is 5. The molecule has 1 aliphatic carbocycles. The molecule has 0 saturated heterocycles. The van der Waals surface area contributed by atoms with Crippen molar-refractivity contribution in [1.82, 2.24) is 4.57 Å². The third kappa shape index (κ3) is 4.28. The summed E-state index contributed by atoms with van der Waals surface area (Å²) in [6.07, 6.45) is -5.63. The monoisotopic (exact) mass is 567 g/mol. The van der Waals surface area contributed by atoms with Crippen LogP contribution >= 0.6 is 11.6 Å². The van der Waals surface area contributed by atoms with E-state index in [0.29, 0.717) is 27.7 Å². The lowest BCUT2D eigenvalue weighted by atomic mass is 9.63. The van der Waals surface area contributed by atoms with Crippen LogP contribution in [0, 0.1) is 11.3 Å². The fourth-order valence-electron chi connectivity index (χ4n) is 5.80. The number of rotatable bonds is 4. The van der Waals surface area contributed by atoms with E-state index in [2.05, 4.69) is 5.32 Å². The van der Waals surface area contributed by atoms with E-state index in [0.717, 1.165) is 0 Å². The number of ether oxygens (including phenoxy) is 1. The molecule has 10 heteroatoms. The predicted octanol–water partition coefficient (Wildman–Crippen LogP) is 6.65. The number of hydrogen-bond donors (Lipinski definition) is 2. The molecule has 0 fully saturated rings. The minimum Gasteiger partial charge on any atom is -0.495 e. The molecule has 206 valence electrons. The van der Waals surface area contributed by atoms with Gasteiger partial charge in [-0.2, -0.15) is 18.4 Å². The fourth-order valence-corrected chi connectivity index (χ4v) is 6.03. The van der Waals surface area contributed by atoms with Crippen LogP contribution in [0.1, 0.15) is 43.0 Å². The normalized spacial score (nSPS) is 20.0. The first kappa shape index (κ1) is 27.6. The Labute approximate surface area is 233 Å². The standard InChI is InChI=1S/C30H25ClF3N3O3/c1-28(2)16-29(39,30(32,33)34)27(20-11-13-21(31)26(40-3)25(20)28)36-22-5-4-6-23-19(22)12-14-24(38)37(23)18-9-7-17(15-35)8-10-18/h4-14,27,36,39H,16H2,1-3H3. The highest BCUT2D eigenvalue weighted by Crippen LogP contribution is 2.57. The maximum atomic E-state index is 14.7. The quantitative estimate of drug-likeness (QED) is 0.288. The maximum Gasteiger partial charge on any atom is 0.419 e.